The van der Waals surface area contributed by atoms with Gasteiger partial charge in [-0.05, 0) is 36.5 Å². The second-order valence-electron chi connectivity index (χ2n) is 6.57. The molecule has 122 valence electrons. The molecule has 2 unspecified atom stereocenters. The van der Waals surface area contributed by atoms with Crippen molar-refractivity contribution in [3.05, 3.63) is 0 Å². The van der Waals surface area contributed by atoms with Crippen LogP contribution < -0.4 is 22.1 Å². The summed E-state index contributed by atoms with van der Waals surface area (Å²) in [5, 5.41) is 5.64. The first-order chi connectivity index (χ1) is 9.80. The van der Waals surface area contributed by atoms with E-state index in [-0.39, 0.29) is 16.9 Å². The zero-order valence-electron chi connectivity index (χ0n) is 13.5. The number of primary amides is 2. The van der Waals surface area contributed by atoms with Gasteiger partial charge < -0.3 is 22.1 Å². The third-order valence-corrected chi connectivity index (χ3v) is 5.34. The molecule has 2 atom stereocenters. The summed E-state index contributed by atoms with van der Waals surface area (Å²) in [5.41, 5.74) is 10.7. The zero-order valence-corrected chi connectivity index (χ0v) is 13.5. The van der Waals surface area contributed by atoms with Crippen molar-refractivity contribution < 1.29 is 9.59 Å². The van der Waals surface area contributed by atoms with Gasteiger partial charge in [0.15, 0.2) is 0 Å². The molecule has 4 amide bonds. The summed E-state index contributed by atoms with van der Waals surface area (Å²) in [6.45, 7) is 7.07. The maximum absolute atomic E-state index is 11.2. The van der Waals surface area contributed by atoms with Crippen LogP contribution in [0, 0.1) is 10.8 Å². The fraction of sp³-hybridized carbons (Fsp3) is 0.867. The molecule has 1 aliphatic carbocycles. The van der Waals surface area contributed by atoms with E-state index in [4.69, 9.17) is 11.5 Å². The highest BCUT2D eigenvalue weighted by Crippen LogP contribution is 2.51. The number of hydrogen-bond acceptors (Lipinski definition) is 2. The Balaban J connectivity index is 2.98. The van der Waals surface area contributed by atoms with Crippen LogP contribution in [0.15, 0.2) is 0 Å². The van der Waals surface area contributed by atoms with Crippen LogP contribution in [-0.4, -0.2) is 24.6 Å². The minimum atomic E-state index is -0.494. The Bertz CT molecular complexity index is 382. The maximum Gasteiger partial charge on any atom is 0.312 e. The largest absolute Gasteiger partial charge is 0.352 e. The van der Waals surface area contributed by atoms with Gasteiger partial charge in [0.25, 0.3) is 0 Å². The molecule has 1 rings (SSSR count). The van der Waals surface area contributed by atoms with Crippen molar-refractivity contribution in [2.24, 2.45) is 22.3 Å². The Morgan fingerprint density at radius 1 is 1.00 bits per heavy atom. The average molecular weight is 298 g/mol. The van der Waals surface area contributed by atoms with E-state index in [1.807, 2.05) is 0 Å². The third kappa shape index (κ3) is 4.51. The maximum atomic E-state index is 11.2. The monoisotopic (exact) mass is 298 g/mol. The van der Waals surface area contributed by atoms with E-state index >= 15 is 0 Å². The molecular formula is C15H30N4O2. The topological polar surface area (TPSA) is 110 Å². The standard InChI is InChI=1S/C15H30N4O2/c1-4-14(5-2)7-11(19-13(17)21)8-15(6-3,9-14)10-18-12(16)20/h11H,4-10H2,1-3H3,(H3,16,18,20)(H3,17,19,21). The Morgan fingerprint density at radius 3 is 1.95 bits per heavy atom. The van der Waals surface area contributed by atoms with Crippen molar-refractivity contribution in [1.82, 2.24) is 10.6 Å². The van der Waals surface area contributed by atoms with Crippen LogP contribution in [0.25, 0.3) is 0 Å². The molecule has 1 fully saturated rings. The predicted molar refractivity (Wildman–Crippen MR) is 83.7 cm³/mol. The molecule has 6 N–H and O–H groups in total. The molecule has 1 saturated carbocycles. The summed E-state index contributed by atoms with van der Waals surface area (Å²) in [7, 11) is 0. The lowest BCUT2D eigenvalue weighted by Crippen LogP contribution is -2.53. The fourth-order valence-electron chi connectivity index (χ4n) is 3.95. The molecule has 0 aromatic rings. The van der Waals surface area contributed by atoms with Crippen molar-refractivity contribution in [3.63, 3.8) is 0 Å². The van der Waals surface area contributed by atoms with Crippen LogP contribution in [0.4, 0.5) is 9.59 Å². The highest BCUT2D eigenvalue weighted by Gasteiger charge is 2.46. The Kier molecular flexibility index (Phi) is 5.87. The quantitative estimate of drug-likeness (QED) is 0.602. The lowest BCUT2D eigenvalue weighted by molar-refractivity contribution is 0.0283. The molecule has 6 nitrogen and oxygen atoms in total. The third-order valence-electron chi connectivity index (χ3n) is 5.34. The zero-order chi connectivity index (χ0) is 16.1. The van der Waals surface area contributed by atoms with Gasteiger partial charge in [0.1, 0.15) is 0 Å². The summed E-state index contributed by atoms with van der Waals surface area (Å²) >= 11 is 0. The first-order valence-electron chi connectivity index (χ1n) is 7.89. The van der Waals surface area contributed by atoms with E-state index in [2.05, 4.69) is 31.4 Å². The Morgan fingerprint density at radius 2 is 1.52 bits per heavy atom. The molecular weight excluding hydrogens is 268 g/mol. The summed E-state index contributed by atoms with van der Waals surface area (Å²) in [5.74, 6) is 0. The molecule has 0 spiro atoms. The number of carbonyl (C=O) groups is 2. The molecule has 0 radical (unpaired) electrons. The summed E-state index contributed by atoms with van der Waals surface area (Å²) < 4.78 is 0. The molecule has 0 bridgehead atoms. The Hall–Kier alpha value is -1.46. The number of nitrogens with one attached hydrogen (secondary N) is 2. The summed E-state index contributed by atoms with van der Waals surface area (Å²) in [4.78, 5) is 22.3. The van der Waals surface area contributed by atoms with Crippen molar-refractivity contribution in [2.75, 3.05) is 6.54 Å². The highest BCUT2D eigenvalue weighted by molar-refractivity contribution is 5.72. The van der Waals surface area contributed by atoms with Gasteiger partial charge in [-0.3, -0.25) is 0 Å². The second-order valence-corrected chi connectivity index (χ2v) is 6.57. The first-order valence-corrected chi connectivity index (χ1v) is 7.89. The van der Waals surface area contributed by atoms with Crippen molar-refractivity contribution in [1.29, 1.82) is 0 Å². The van der Waals surface area contributed by atoms with Crippen LogP contribution in [0.1, 0.15) is 59.3 Å². The molecule has 0 heterocycles. The summed E-state index contributed by atoms with van der Waals surface area (Å²) in [6.07, 6.45) is 5.86. The van der Waals surface area contributed by atoms with Crippen LogP contribution >= 0.6 is 0 Å². The van der Waals surface area contributed by atoms with Gasteiger partial charge in [0, 0.05) is 12.6 Å². The summed E-state index contributed by atoms with van der Waals surface area (Å²) in [6, 6.07) is -0.909. The number of urea groups is 2. The first kappa shape index (κ1) is 17.6. The second kappa shape index (κ2) is 7.00. The molecule has 6 heteroatoms. The number of rotatable bonds is 6. The van der Waals surface area contributed by atoms with Gasteiger partial charge in [0.05, 0.1) is 0 Å². The van der Waals surface area contributed by atoms with Crippen molar-refractivity contribution >= 4 is 12.1 Å². The average Bonchev–Trinajstić information content (AvgIpc) is 2.44. The highest BCUT2D eigenvalue weighted by atomic mass is 16.2. The fourth-order valence-corrected chi connectivity index (χ4v) is 3.95. The van der Waals surface area contributed by atoms with Gasteiger partial charge in [-0.25, -0.2) is 9.59 Å². The minimum absolute atomic E-state index is 0.0353. The van der Waals surface area contributed by atoms with E-state index in [1.165, 1.54) is 0 Å². The SMILES string of the molecule is CCC1(CC)CC(NC(N)=O)CC(CC)(CNC(N)=O)C1. The van der Waals surface area contributed by atoms with E-state index < -0.39 is 12.1 Å². The van der Waals surface area contributed by atoms with Gasteiger partial charge in [0.2, 0.25) is 0 Å². The molecule has 0 aliphatic heterocycles. The smallest absolute Gasteiger partial charge is 0.312 e. The number of hydrogen-bond donors (Lipinski definition) is 4. The van der Waals surface area contributed by atoms with Gasteiger partial charge in [-0.15, -0.1) is 0 Å². The molecule has 0 aromatic carbocycles. The van der Waals surface area contributed by atoms with Gasteiger partial charge in [-0.1, -0.05) is 33.6 Å². The molecule has 21 heavy (non-hydrogen) atoms. The van der Waals surface area contributed by atoms with Crippen LogP contribution in [0.2, 0.25) is 0 Å². The van der Waals surface area contributed by atoms with E-state index in [0.29, 0.717) is 6.54 Å². The predicted octanol–water partition coefficient (Wildman–Crippen LogP) is 2.08. The van der Waals surface area contributed by atoms with Crippen molar-refractivity contribution in [3.8, 4) is 0 Å². The van der Waals surface area contributed by atoms with Crippen LogP contribution in [0.5, 0.6) is 0 Å². The van der Waals surface area contributed by atoms with Gasteiger partial charge >= 0.3 is 12.1 Å². The lowest BCUT2D eigenvalue weighted by Gasteiger charge is -2.51. The van der Waals surface area contributed by atoms with Crippen LogP contribution in [-0.2, 0) is 0 Å². The minimum Gasteiger partial charge on any atom is -0.352 e. The van der Waals surface area contributed by atoms with E-state index in [9.17, 15) is 9.59 Å². The Labute approximate surface area is 127 Å². The van der Waals surface area contributed by atoms with Crippen molar-refractivity contribution in [2.45, 2.75) is 65.3 Å². The number of nitrogens with two attached hydrogens (primary N) is 2. The molecule has 0 aromatic heterocycles. The van der Waals surface area contributed by atoms with Crippen LogP contribution in [0.3, 0.4) is 0 Å². The number of amides is 4. The van der Waals surface area contributed by atoms with Gasteiger partial charge in [-0.2, -0.15) is 0 Å². The number of carbonyl (C=O) groups excluding carboxylic acids is 2. The normalized spacial score (nSPS) is 27.9. The lowest BCUT2D eigenvalue weighted by atomic mass is 9.57. The molecule has 0 saturated heterocycles. The van der Waals surface area contributed by atoms with E-state index in [1.54, 1.807) is 0 Å². The van der Waals surface area contributed by atoms with E-state index in [0.717, 1.165) is 38.5 Å². The molecule has 1 aliphatic rings.